The molecular weight excluding hydrogens is 194 g/mol. The van der Waals surface area contributed by atoms with E-state index in [0.717, 1.165) is 0 Å². The Morgan fingerprint density at radius 2 is 1.92 bits per heavy atom. The number of methoxy groups -OCH3 is 1. The van der Waals surface area contributed by atoms with Crippen molar-refractivity contribution in [1.82, 2.24) is 5.32 Å². The van der Waals surface area contributed by atoms with Gasteiger partial charge in [-0.05, 0) is 19.4 Å². The van der Waals surface area contributed by atoms with Crippen LogP contribution in [0, 0.1) is 0 Å². The average molecular weight is 206 g/mol. The van der Waals surface area contributed by atoms with E-state index in [-0.39, 0.29) is 11.6 Å². The van der Waals surface area contributed by atoms with Gasteiger partial charge in [-0.2, -0.15) is 0 Å². The fourth-order valence-corrected chi connectivity index (χ4v) is 0.722. The highest BCUT2D eigenvalue weighted by Crippen LogP contribution is 2.01. The van der Waals surface area contributed by atoms with Gasteiger partial charge in [0.25, 0.3) is 0 Å². The first-order chi connectivity index (χ1) is 6.02. The number of carbonyl (C=O) groups excluding carboxylic acids is 2. The third-order valence-electron chi connectivity index (χ3n) is 1.28. The first-order valence-electron chi connectivity index (χ1n) is 3.64. The molecule has 0 saturated carbocycles. The molecule has 0 aromatic heterocycles. The molecule has 0 aromatic carbocycles. The average Bonchev–Trinajstić information content (AvgIpc) is 2.11. The second kappa shape index (κ2) is 5.59. The maximum absolute atomic E-state index is 11.1. The highest BCUT2D eigenvalue weighted by Gasteiger charge is 2.13. The normalized spacial score (nSPS) is 8.92. The van der Waals surface area contributed by atoms with Crippen molar-refractivity contribution >= 4 is 23.5 Å². The molecule has 1 N–H and O–H groups in total. The van der Waals surface area contributed by atoms with Crippen molar-refractivity contribution in [3.05, 3.63) is 11.3 Å². The zero-order chi connectivity index (χ0) is 10.4. The Morgan fingerprint density at radius 1 is 1.38 bits per heavy atom. The molecule has 5 heteroatoms. The molecule has 0 saturated heterocycles. The number of esters is 1. The summed E-state index contributed by atoms with van der Waals surface area (Å²) in [5.41, 5.74) is 0.818. The lowest BCUT2D eigenvalue weighted by molar-refractivity contribution is -0.137. The summed E-state index contributed by atoms with van der Waals surface area (Å²) >= 11 is 5.26. The maximum Gasteiger partial charge on any atom is 0.354 e. The fraction of sp³-hybridized carbons (Fsp3) is 0.500. The van der Waals surface area contributed by atoms with Crippen molar-refractivity contribution in [2.24, 2.45) is 0 Å². The van der Waals surface area contributed by atoms with E-state index < -0.39 is 11.9 Å². The molecule has 13 heavy (non-hydrogen) atoms. The lowest BCUT2D eigenvalue weighted by Crippen LogP contribution is -2.29. The number of halogens is 1. The van der Waals surface area contributed by atoms with Gasteiger partial charge in [-0.1, -0.05) is 0 Å². The zero-order valence-electron chi connectivity index (χ0n) is 7.81. The molecule has 0 bridgehead atoms. The van der Waals surface area contributed by atoms with Crippen LogP contribution in [0.4, 0.5) is 0 Å². The minimum absolute atomic E-state index is 0.146. The Labute approximate surface area is 81.9 Å². The molecular formula is C8H12ClNO3. The van der Waals surface area contributed by atoms with Crippen LogP contribution in [-0.2, 0) is 14.3 Å². The summed E-state index contributed by atoms with van der Waals surface area (Å²) in [5, 5.41) is 2.35. The molecule has 0 radical (unpaired) electrons. The van der Waals surface area contributed by atoms with Gasteiger partial charge in [-0.3, -0.25) is 4.79 Å². The van der Waals surface area contributed by atoms with Crippen LogP contribution in [0.15, 0.2) is 11.3 Å². The number of rotatable bonds is 3. The summed E-state index contributed by atoms with van der Waals surface area (Å²) in [6, 6.07) is 0. The van der Waals surface area contributed by atoms with Crippen LogP contribution in [0.1, 0.15) is 13.8 Å². The summed E-state index contributed by atoms with van der Waals surface area (Å²) in [7, 11) is 1.25. The van der Waals surface area contributed by atoms with E-state index >= 15 is 0 Å². The highest BCUT2D eigenvalue weighted by molar-refractivity contribution is 6.27. The molecule has 0 spiro atoms. The quantitative estimate of drug-likeness (QED) is 0.422. The van der Waals surface area contributed by atoms with Crippen LogP contribution in [0.2, 0.25) is 0 Å². The number of allylic oxidation sites excluding steroid dienone is 1. The number of alkyl halides is 1. The SMILES string of the molecule is COC(=O)C(NC(=O)CCl)=C(C)C. The number of hydrogen-bond acceptors (Lipinski definition) is 3. The van der Waals surface area contributed by atoms with Crippen molar-refractivity contribution < 1.29 is 14.3 Å². The third-order valence-corrected chi connectivity index (χ3v) is 1.52. The minimum atomic E-state index is -0.571. The Hall–Kier alpha value is -1.03. The lowest BCUT2D eigenvalue weighted by Gasteiger charge is -2.07. The van der Waals surface area contributed by atoms with Gasteiger partial charge in [-0.15, -0.1) is 11.6 Å². The fourth-order valence-electron chi connectivity index (χ4n) is 0.655. The van der Waals surface area contributed by atoms with Crippen LogP contribution in [-0.4, -0.2) is 24.9 Å². The maximum atomic E-state index is 11.1. The number of carbonyl (C=O) groups is 2. The summed E-state index contributed by atoms with van der Waals surface area (Å²) in [4.78, 5) is 21.9. The number of nitrogens with one attached hydrogen (secondary N) is 1. The van der Waals surface area contributed by atoms with E-state index in [1.54, 1.807) is 13.8 Å². The van der Waals surface area contributed by atoms with Crippen LogP contribution in [0.25, 0.3) is 0 Å². The standard InChI is InChI=1S/C8H12ClNO3/c1-5(2)7(8(12)13-3)10-6(11)4-9/h4H2,1-3H3,(H,10,11). The monoisotopic (exact) mass is 205 g/mol. The number of ether oxygens (including phenoxy) is 1. The molecule has 0 heterocycles. The molecule has 1 amide bonds. The highest BCUT2D eigenvalue weighted by atomic mass is 35.5. The zero-order valence-corrected chi connectivity index (χ0v) is 8.57. The summed E-state index contributed by atoms with van der Waals surface area (Å²) in [5.74, 6) is -1.19. The molecule has 74 valence electrons. The van der Waals surface area contributed by atoms with Crippen molar-refractivity contribution in [2.45, 2.75) is 13.8 Å². The van der Waals surface area contributed by atoms with Crippen LogP contribution in [0.3, 0.4) is 0 Å². The summed E-state index contributed by atoms with van der Waals surface area (Å²) < 4.78 is 4.46. The Kier molecular flexibility index (Phi) is 5.14. The largest absolute Gasteiger partial charge is 0.464 e. The number of amides is 1. The predicted molar refractivity (Wildman–Crippen MR) is 49.3 cm³/mol. The van der Waals surface area contributed by atoms with E-state index in [2.05, 4.69) is 10.1 Å². The van der Waals surface area contributed by atoms with Gasteiger partial charge in [0.15, 0.2) is 0 Å². The topological polar surface area (TPSA) is 55.4 Å². The first kappa shape index (κ1) is 12.0. The van der Waals surface area contributed by atoms with Crippen LogP contribution in [0.5, 0.6) is 0 Å². The van der Waals surface area contributed by atoms with Gasteiger partial charge in [0.1, 0.15) is 11.6 Å². The van der Waals surface area contributed by atoms with Gasteiger partial charge < -0.3 is 10.1 Å². The Bertz CT molecular complexity index is 244. The number of hydrogen-bond donors (Lipinski definition) is 1. The molecule has 0 aliphatic heterocycles. The van der Waals surface area contributed by atoms with Crippen LogP contribution >= 0.6 is 11.6 Å². The predicted octanol–water partition coefficient (Wildman–Crippen LogP) is 0.808. The van der Waals surface area contributed by atoms with Crippen molar-refractivity contribution in [3.8, 4) is 0 Å². The van der Waals surface area contributed by atoms with Crippen molar-refractivity contribution in [2.75, 3.05) is 13.0 Å². The van der Waals surface area contributed by atoms with Gasteiger partial charge in [0.05, 0.1) is 7.11 Å². The molecule has 0 aliphatic rings. The smallest absolute Gasteiger partial charge is 0.354 e. The van der Waals surface area contributed by atoms with E-state index in [4.69, 9.17) is 11.6 Å². The van der Waals surface area contributed by atoms with Gasteiger partial charge >= 0.3 is 5.97 Å². The van der Waals surface area contributed by atoms with E-state index in [9.17, 15) is 9.59 Å². The van der Waals surface area contributed by atoms with Gasteiger partial charge in [-0.25, -0.2) is 4.79 Å². The Balaban J connectivity index is 4.57. The van der Waals surface area contributed by atoms with Crippen molar-refractivity contribution in [1.29, 1.82) is 0 Å². The molecule has 4 nitrogen and oxygen atoms in total. The Morgan fingerprint density at radius 3 is 2.23 bits per heavy atom. The molecule has 0 atom stereocenters. The van der Waals surface area contributed by atoms with E-state index in [1.807, 2.05) is 0 Å². The molecule has 0 aliphatic carbocycles. The van der Waals surface area contributed by atoms with E-state index in [1.165, 1.54) is 7.11 Å². The second-order valence-corrected chi connectivity index (χ2v) is 2.82. The van der Waals surface area contributed by atoms with Crippen molar-refractivity contribution in [3.63, 3.8) is 0 Å². The first-order valence-corrected chi connectivity index (χ1v) is 4.18. The third kappa shape index (κ3) is 3.94. The summed E-state index contributed by atoms with van der Waals surface area (Å²) in [6.07, 6.45) is 0. The second-order valence-electron chi connectivity index (χ2n) is 2.55. The summed E-state index contributed by atoms with van der Waals surface area (Å²) in [6.45, 7) is 3.39. The molecule has 0 rings (SSSR count). The van der Waals surface area contributed by atoms with Gasteiger partial charge in [0.2, 0.25) is 5.91 Å². The lowest BCUT2D eigenvalue weighted by atomic mass is 10.2. The van der Waals surface area contributed by atoms with Crippen LogP contribution < -0.4 is 5.32 Å². The minimum Gasteiger partial charge on any atom is -0.464 e. The molecule has 0 aromatic rings. The molecule has 0 unspecified atom stereocenters. The van der Waals surface area contributed by atoms with Gasteiger partial charge in [0, 0.05) is 0 Å². The van der Waals surface area contributed by atoms with E-state index in [0.29, 0.717) is 5.57 Å². The molecule has 0 fully saturated rings.